The molecule has 0 spiro atoms. The van der Waals surface area contributed by atoms with Gasteiger partial charge < -0.3 is 15.1 Å². The van der Waals surface area contributed by atoms with Crippen LogP contribution in [-0.4, -0.2) is 34.0 Å². The first-order valence-electron chi connectivity index (χ1n) is 8.80. The molecule has 3 aliphatic carbocycles. The minimum absolute atomic E-state index is 0.119. The summed E-state index contributed by atoms with van der Waals surface area (Å²) in [5, 5.41) is 22.1. The number of benzene rings is 1. The van der Waals surface area contributed by atoms with E-state index in [0.29, 0.717) is 18.9 Å². The fourth-order valence-corrected chi connectivity index (χ4v) is 4.76. The van der Waals surface area contributed by atoms with E-state index in [1.54, 1.807) is 0 Å². The van der Waals surface area contributed by atoms with Crippen LogP contribution in [0.5, 0.6) is 0 Å². The third-order valence-electron chi connectivity index (χ3n) is 6.45. The van der Waals surface area contributed by atoms with Crippen LogP contribution in [0.15, 0.2) is 30.3 Å². The van der Waals surface area contributed by atoms with Gasteiger partial charge in [0.1, 0.15) is 5.60 Å². The summed E-state index contributed by atoms with van der Waals surface area (Å²) in [6, 6.07) is 10.2. The first-order chi connectivity index (χ1) is 10.6. The normalized spacial score (nSPS) is 35.5. The SMILES string of the molecule is CC1(C)[C@@H]2C[C@@H](O)[C@](O)(CN(c3ccccc3)C(C)(C)C)[C@H]1C2. The quantitative estimate of drug-likeness (QED) is 0.897. The second-order valence-electron chi connectivity index (χ2n) is 9.14. The van der Waals surface area contributed by atoms with Gasteiger partial charge in [0.25, 0.3) is 0 Å². The summed E-state index contributed by atoms with van der Waals surface area (Å²) < 4.78 is 0. The van der Waals surface area contributed by atoms with Gasteiger partial charge in [-0.1, -0.05) is 32.0 Å². The van der Waals surface area contributed by atoms with Crippen LogP contribution in [0, 0.1) is 17.3 Å². The molecule has 0 aliphatic heterocycles. The number of aliphatic hydroxyl groups is 2. The molecule has 2 N–H and O–H groups in total. The van der Waals surface area contributed by atoms with Crippen LogP contribution in [0.4, 0.5) is 5.69 Å². The van der Waals surface area contributed by atoms with E-state index < -0.39 is 11.7 Å². The second kappa shape index (κ2) is 5.22. The highest BCUT2D eigenvalue weighted by molar-refractivity contribution is 5.49. The highest BCUT2D eigenvalue weighted by Crippen LogP contribution is 2.63. The van der Waals surface area contributed by atoms with E-state index >= 15 is 0 Å². The Hall–Kier alpha value is -1.06. The molecule has 3 saturated carbocycles. The van der Waals surface area contributed by atoms with Crippen LogP contribution in [0.25, 0.3) is 0 Å². The maximum atomic E-state index is 11.5. The van der Waals surface area contributed by atoms with E-state index in [2.05, 4.69) is 51.7 Å². The Kier molecular flexibility index (Phi) is 3.81. The molecule has 128 valence electrons. The molecule has 0 unspecified atom stereocenters. The van der Waals surface area contributed by atoms with E-state index in [1.807, 2.05) is 18.2 Å². The zero-order chi connectivity index (χ0) is 17.0. The van der Waals surface area contributed by atoms with Gasteiger partial charge >= 0.3 is 0 Å². The molecule has 0 saturated heterocycles. The van der Waals surface area contributed by atoms with Gasteiger partial charge in [-0.2, -0.15) is 0 Å². The molecule has 3 nitrogen and oxygen atoms in total. The first-order valence-corrected chi connectivity index (χ1v) is 8.80. The van der Waals surface area contributed by atoms with Crippen molar-refractivity contribution in [2.45, 2.75) is 64.7 Å². The maximum absolute atomic E-state index is 11.5. The Morgan fingerprint density at radius 3 is 2.26 bits per heavy atom. The molecule has 4 atom stereocenters. The van der Waals surface area contributed by atoms with Crippen LogP contribution < -0.4 is 4.90 Å². The van der Waals surface area contributed by atoms with E-state index in [-0.39, 0.29) is 16.9 Å². The third-order valence-corrected chi connectivity index (χ3v) is 6.45. The lowest BCUT2D eigenvalue weighted by atomic mass is 9.43. The number of rotatable bonds is 3. The molecule has 4 rings (SSSR count). The topological polar surface area (TPSA) is 43.7 Å². The predicted molar refractivity (Wildman–Crippen MR) is 94.5 cm³/mol. The fourth-order valence-electron chi connectivity index (χ4n) is 4.76. The molecule has 0 radical (unpaired) electrons. The fraction of sp³-hybridized carbons (Fsp3) is 0.700. The van der Waals surface area contributed by atoms with Gasteiger partial charge in [-0.3, -0.25) is 0 Å². The Labute approximate surface area is 140 Å². The van der Waals surface area contributed by atoms with E-state index in [9.17, 15) is 10.2 Å². The Bertz CT molecular complexity index is 563. The smallest absolute Gasteiger partial charge is 0.111 e. The molecule has 0 heterocycles. The zero-order valence-corrected chi connectivity index (χ0v) is 15.1. The average molecular weight is 317 g/mol. The van der Waals surface area contributed by atoms with Crippen molar-refractivity contribution in [1.82, 2.24) is 0 Å². The van der Waals surface area contributed by atoms with Crippen molar-refractivity contribution in [3.8, 4) is 0 Å². The van der Waals surface area contributed by atoms with E-state index in [0.717, 1.165) is 12.1 Å². The summed E-state index contributed by atoms with van der Waals surface area (Å²) >= 11 is 0. The van der Waals surface area contributed by atoms with Crippen LogP contribution in [0.1, 0.15) is 47.5 Å². The lowest BCUT2D eigenvalue weighted by molar-refractivity contribution is -0.249. The number of anilines is 1. The van der Waals surface area contributed by atoms with Crippen molar-refractivity contribution in [3.05, 3.63) is 30.3 Å². The van der Waals surface area contributed by atoms with E-state index in [1.165, 1.54) is 0 Å². The number of fused-ring (bicyclic) bond motifs is 2. The molecule has 0 amide bonds. The number of para-hydroxylation sites is 1. The minimum Gasteiger partial charge on any atom is -0.390 e. The number of hydrogen-bond donors (Lipinski definition) is 2. The standard InChI is InChI=1S/C20H31NO2/c1-18(2,3)21(15-9-7-6-8-10-15)13-20(23)16-11-14(12-17(20)22)19(16,4)5/h6-10,14,16-17,22-23H,11-13H2,1-5H3/t14-,16-,17+,20-/m0/s1. The van der Waals surface area contributed by atoms with Gasteiger partial charge in [-0.05, 0) is 63.0 Å². The maximum Gasteiger partial charge on any atom is 0.111 e. The number of nitrogens with zero attached hydrogens (tertiary/aromatic N) is 1. The van der Waals surface area contributed by atoms with Crippen LogP contribution >= 0.6 is 0 Å². The molecule has 3 fully saturated rings. The summed E-state index contributed by atoms with van der Waals surface area (Å²) in [4.78, 5) is 2.24. The van der Waals surface area contributed by atoms with E-state index in [4.69, 9.17) is 0 Å². The van der Waals surface area contributed by atoms with Crippen molar-refractivity contribution >= 4 is 5.69 Å². The van der Waals surface area contributed by atoms with Gasteiger partial charge in [0.2, 0.25) is 0 Å². The number of aliphatic hydroxyl groups excluding tert-OH is 1. The summed E-state index contributed by atoms with van der Waals surface area (Å²) in [5.74, 6) is 0.708. The molecule has 3 aliphatic rings. The minimum atomic E-state index is -1.04. The molecule has 3 heteroatoms. The highest BCUT2D eigenvalue weighted by Gasteiger charge is 2.65. The van der Waals surface area contributed by atoms with Crippen molar-refractivity contribution in [2.75, 3.05) is 11.4 Å². The number of β-amino-alcohol motifs (C(OH)–C–C–N with tert-alkyl or cyclic N) is 1. The molecule has 1 aromatic rings. The van der Waals surface area contributed by atoms with Gasteiger partial charge in [0, 0.05) is 11.2 Å². The van der Waals surface area contributed by atoms with Crippen molar-refractivity contribution in [2.24, 2.45) is 17.3 Å². The molecular formula is C20H31NO2. The van der Waals surface area contributed by atoms with Crippen molar-refractivity contribution in [1.29, 1.82) is 0 Å². The Morgan fingerprint density at radius 2 is 1.74 bits per heavy atom. The van der Waals surface area contributed by atoms with Crippen LogP contribution in [0.3, 0.4) is 0 Å². The molecule has 23 heavy (non-hydrogen) atoms. The number of hydrogen-bond acceptors (Lipinski definition) is 3. The summed E-state index contributed by atoms with van der Waals surface area (Å²) in [6.45, 7) is 11.4. The van der Waals surface area contributed by atoms with Gasteiger partial charge in [0.05, 0.1) is 12.6 Å². The molecule has 0 aromatic heterocycles. The molecular weight excluding hydrogens is 286 g/mol. The van der Waals surface area contributed by atoms with Crippen LogP contribution in [0.2, 0.25) is 0 Å². The predicted octanol–water partition coefficient (Wildman–Crippen LogP) is 3.45. The van der Waals surface area contributed by atoms with Crippen molar-refractivity contribution in [3.63, 3.8) is 0 Å². The summed E-state index contributed by atoms with van der Waals surface area (Å²) in [6.07, 6.45) is 1.12. The van der Waals surface area contributed by atoms with Gasteiger partial charge in [-0.25, -0.2) is 0 Å². The Morgan fingerprint density at radius 1 is 1.13 bits per heavy atom. The summed E-state index contributed by atoms with van der Waals surface area (Å²) in [7, 11) is 0. The zero-order valence-electron chi connectivity index (χ0n) is 15.1. The summed E-state index contributed by atoms with van der Waals surface area (Å²) in [5.41, 5.74) is 0.0526. The van der Waals surface area contributed by atoms with Crippen LogP contribution in [-0.2, 0) is 0 Å². The van der Waals surface area contributed by atoms with Gasteiger partial charge in [-0.15, -0.1) is 0 Å². The Balaban J connectivity index is 1.93. The lowest BCUT2D eigenvalue weighted by Gasteiger charge is -2.66. The molecule has 1 aromatic carbocycles. The van der Waals surface area contributed by atoms with Gasteiger partial charge in [0.15, 0.2) is 0 Å². The monoisotopic (exact) mass is 317 g/mol. The lowest BCUT2D eigenvalue weighted by Crippen LogP contribution is -2.71. The average Bonchev–Trinajstić information content (AvgIpc) is 2.47. The highest BCUT2D eigenvalue weighted by atomic mass is 16.3. The molecule has 2 bridgehead atoms. The van der Waals surface area contributed by atoms with Crippen molar-refractivity contribution < 1.29 is 10.2 Å². The third kappa shape index (κ3) is 2.58. The second-order valence-corrected chi connectivity index (χ2v) is 9.14. The first kappa shape index (κ1) is 16.8. The largest absolute Gasteiger partial charge is 0.390 e.